The maximum Gasteiger partial charge on any atom is 0.267 e. The summed E-state index contributed by atoms with van der Waals surface area (Å²) in [7, 11) is -3.30. The van der Waals surface area contributed by atoms with E-state index in [1.807, 2.05) is 0 Å². The molecule has 1 fully saturated rings. The van der Waals surface area contributed by atoms with E-state index in [9.17, 15) is 8.42 Å². The van der Waals surface area contributed by atoms with E-state index in [-0.39, 0.29) is 11.9 Å². The van der Waals surface area contributed by atoms with Crippen LogP contribution in [0.1, 0.15) is 129 Å². The molecule has 1 aliphatic rings. The largest absolute Gasteiger partial charge is 0.267 e. The van der Waals surface area contributed by atoms with Crippen LogP contribution in [0, 0.1) is 0 Å². The van der Waals surface area contributed by atoms with Crippen molar-refractivity contribution in [2.45, 2.75) is 135 Å². The summed E-state index contributed by atoms with van der Waals surface area (Å²) in [4.78, 5) is 0. The van der Waals surface area contributed by atoms with Crippen molar-refractivity contribution in [2.75, 3.05) is 5.75 Å². The van der Waals surface area contributed by atoms with Gasteiger partial charge in [-0.25, -0.2) is 0 Å². The molecule has 0 aromatic carbocycles. The molecular formula is C22H44O3S. The van der Waals surface area contributed by atoms with Crippen molar-refractivity contribution in [1.82, 2.24) is 0 Å². The molecule has 0 heterocycles. The van der Waals surface area contributed by atoms with Gasteiger partial charge in [0.2, 0.25) is 0 Å². The third-order valence-corrected chi connectivity index (χ3v) is 6.94. The van der Waals surface area contributed by atoms with Crippen LogP contribution < -0.4 is 0 Å². The normalized spacial score (nSPS) is 16.2. The van der Waals surface area contributed by atoms with Crippen LogP contribution in [0.2, 0.25) is 0 Å². The number of hydrogen-bond acceptors (Lipinski definition) is 3. The smallest absolute Gasteiger partial charge is 0.267 e. The summed E-state index contributed by atoms with van der Waals surface area (Å²) in [5, 5.41) is 0. The molecule has 156 valence electrons. The molecule has 3 nitrogen and oxygen atoms in total. The molecule has 4 heteroatoms. The highest BCUT2D eigenvalue weighted by molar-refractivity contribution is 7.86. The Morgan fingerprint density at radius 2 is 1.08 bits per heavy atom. The van der Waals surface area contributed by atoms with E-state index in [0.717, 1.165) is 44.9 Å². The first-order chi connectivity index (χ1) is 12.6. The van der Waals surface area contributed by atoms with E-state index in [2.05, 4.69) is 6.92 Å². The molecule has 0 aliphatic heterocycles. The second-order valence-corrected chi connectivity index (χ2v) is 9.93. The lowest BCUT2D eigenvalue weighted by Crippen LogP contribution is -2.22. The Bertz CT molecular complexity index is 400. The van der Waals surface area contributed by atoms with Gasteiger partial charge in [-0.3, -0.25) is 4.18 Å². The summed E-state index contributed by atoms with van der Waals surface area (Å²) in [6, 6.07) is 0. The van der Waals surface area contributed by atoms with Crippen molar-refractivity contribution < 1.29 is 12.6 Å². The molecular weight excluding hydrogens is 344 g/mol. The summed E-state index contributed by atoms with van der Waals surface area (Å²) in [6.45, 7) is 2.27. The van der Waals surface area contributed by atoms with Gasteiger partial charge in [0.15, 0.2) is 0 Å². The predicted octanol–water partition coefficient (Wildman–Crippen LogP) is 7.15. The van der Waals surface area contributed by atoms with E-state index >= 15 is 0 Å². The van der Waals surface area contributed by atoms with Crippen LogP contribution >= 0.6 is 0 Å². The van der Waals surface area contributed by atoms with Crippen molar-refractivity contribution in [1.29, 1.82) is 0 Å². The third-order valence-electron chi connectivity index (χ3n) is 5.58. The Morgan fingerprint density at radius 3 is 1.54 bits per heavy atom. The first-order valence-corrected chi connectivity index (χ1v) is 13.1. The van der Waals surface area contributed by atoms with Gasteiger partial charge in [0, 0.05) is 0 Å². The molecule has 0 aromatic heterocycles. The Morgan fingerprint density at radius 1 is 0.654 bits per heavy atom. The van der Waals surface area contributed by atoms with Crippen molar-refractivity contribution in [3.63, 3.8) is 0 Å². The van der Waals surface area contributed by atoms with Crippen LogP contribution in [0.3, 0.4) is 0 Å². The molecule has 0 bridgehead atoms. The maximum absolute atomic E-state index is 12.0. The Hall–Kier alpha value is -0.0900. The van der Waals surface area contributed by atoms with Crippen LogP contribution in [0.5, 0.6) is 0 Å². The fourth-order valence-electron chi connectivity index (χ4n) is 3.89. The quantitative estimate of drug-likeness (QED) is 0.196. The van der Waals surface area contributed by atoms with Crippen molar-refractivity contribution in [3.05, 3.63) is 0 Å². The fraction of sp³-hybridized carbons (Fsp3) is 1.00. The molecule has 0 atom stereocenters. The van der Waals surface area contributed by atoms with Gasteiger partial charge < -0.3 is 0 Å². The summed E-state index contributed by atoms with van der Waals surface area (Å²) in [5.41, 5.74) is 0. The molecule has 0 spiro atoms. The second-order valence-electron chi connectivity index (χ2n) is 8.21. The zero-order valence-electron chi connectivity index (χ0n) is 17.4. The average Bonchev–Trinajstić information content (AvgIpc) is 2.62. The lowest BCUT2D eigenvalue weighted by Gasteiger charge is -2.21. The predicted molar refractivity (Wildman–Crippen MR) is 112 cm³/mol. The highest BCUT2D eigenvalue weighted by Gasteiger charge is 2.21. The van der Waals surface area contributed by atoms with E-state index in [1.54, 1.807) is 0 Å². The summed E-state index contributed by atoms with van der Waals surface area (Å²) < 4.78 is 29.4. The minimum absolute atomic E-state index is 0.0413. The topological polar surface area (TPSA) is 43.4 Å². The van der Waals surface area contributed by atoms with Gasteiger partial charge in [-0.05, 0) is 19.3 Å². The SMILES string of the molecule is CCCCCCCCCCCCCCCCS(=O)(=O)OC1CCCCC1. The van der Waals surface area contributed by atoms with Gasteiger partial charge >= 0.3 is 0 Å². The van der Waals surface area contributed by atoms with Crippen molar-refractivity contribution in [3.8, 4) is 0 Å². The van der Waals surface area contributed by atoms with Gasteiger partial charge in [-0.2, -0.15) is 8.42 Å². The Balaban J connectivity index is 1.84. The van der Waals surface area contributed by atoms with E-state index in [4.69, 9.17) is 4.18 Å². The van der Waals surface area contributed by atoms with Gasteiger partial charge in [0.25, 0.3) is 10.1 Å². The highest BCUT2D eigenvalue weighted by atomic mass is 32.2. The Labute approximate surface area is 163 Å². The highest BCUT2D eigenvalue weighted by Crippen LogP contribution is 2.22. The summed E-state index contributed by atoms with van der Waals surface area (Å²) in [6.07, 6.45) is 23.2. The molecule has 0 radical (unpaired) electrons. The molecule has 0 aromatic rings. The van der Waals surface area contributed by atoms with Crippen molar-refractivity contribution in [2.24, 2.45) is 0 Å². The lowest BCUT2D eigenvalue weighted by molar-refractivity contribution is 0.162. The lowest BCUT2D eigenvalue weighted by atomic mass is 9.98. The maximum atomic E-state index is 12.0. The monoisotopic (exact) mass is 388 g/mol. The van der Waals surface area contributed by atoms with Crippen LogP contribution in [0.4, 0.5) is 0 Å². The van der Waals surface area contributed by atoms with E-state index < -0.39 is 10.1 Å². The van der Waals surface area contributed by atoms with Crippen LogP contribution in [-0.4, -0.2) is 20.3 Å². The summed E-state index contributed by atoms with van der Waals surface area (Å²) in [5.74, 6) is 0.210. The van der Waals surface area contributed by atoms with Crippen LogP contribution in [-0.2, 0) is 14.3 Å². The Kier molecular flexibility index (Phi) is 14.7. The summed E-state index contributed by atoms with van der Waals surface area (Å²) >= 11 is 0. The van der Waals surface area contributed by atoms with Gasteiger partial charge in [-0.1, -0.05) is 110 Å². The minimum Gasteiger partial charge on any atom is -0.267 e. The first kappa shape index (κ1) is 23.9. The number of hydrogen-bond donors (Lipinski definition) is 0. The average molecular weight is 389 g/mol. The minimum atomic E-state index is -3.30. The molecule has 0 unspecified atom stereocenters. The van der Waals surface area contributed by atoms with E-state index in [0.29, 0.717) is 0 Å². The zero-order valence-corrected chi connectivity index (χ0v) is 18.2. The van der Waals surface area contributed by atoms with Gasteiger partial charge in [-0.15, -0.1) is 0 Å². The fourth-order valence-corrected chi connectivity index (χ4v) is 5.15. The zero-order chi connectivity index (χ0) is 18.9. The third kappa shape index (κ3) is 14.0. The number of rotatable bonds is 17. The molecule has 0 amide bonds. The standard InChI is InChI=1S/C22H44O3S/c1-2-3-4-5-6-7-8-9-10-11-12-13-14-18-21-26(23,24)25-22-19-16-15-17-20-22/h22H,2-21H2,1H3. The molecule has 0 N–H and O–H groups in total. The molecule has 26 heavy (non-hydrogen) atoms. The molecule has 0 saturated heterocycles. The second kappa shape index (κ2) is 15.9. The van der Waals surface area contributed by atoms with Gasteiger partial charge in [0.1, 0.15) is 0 Å². The van der Waals surface area contributed by atoms with Crippen LogP contribution in [0.25, 0.3) is 0 Å². The molecule has 1 saturated carbocycles. The van der Waals surface area contributed by atoms with Crippen LogP contribution in [0.15, 0.2) is 0 Å². The molecule has 1 aliphatic carbocycles. The van der Waals surface area contributed by atoms with Gasteiger partial charge in [0.05, 0.1) is 11.9 Å². The molecule has 1 rings (SSSR count). The first-order valence-electron chi connectivity index (χ1n) is 11.5. The van der Waals surface area contributed by atoms with E-state index in [1.165, 1.54) is 77.0 Å². The number of unbranched alkanes of at least 4 members (excludes halogenated alkanes) is 13. The van der Waals surface area contributed by atoms with Crippen molar-refractivity contribution >= 4 is 10.1 Å².